The molecule has 0 heterocycles. The Kier molecular flexibility index (Phi) is 8.35. The maximum Gasteiger partial charge on any atom is 0.310 e. The van der Waals surface area contributed by atoms with Crippen molar-refractivity contribution in [3.05, 3.63) is 11.6 Å². The summed E-state index contributed by atoms with van der Waals surface area (Å²) in [5, 5.41) is 0. The number of carbonyl (C=O) groups excluding carboxylic acids is 2. The van der Waals surface area contributed by atoms with Gasteiger partial charge in [-0.3, -0.25) is 9.59 Å². The predicted octanol–water partition coefficient (Wildman–Crippen LogP) is 4.14. The second kappa shape index (κ2) is 9.74. The van der Waals surface area contributed by atoms with Gasteiger partial charge in [0.05, 0.1) is 25.0 Å². The van der Waals surface area contributed by atoms with E-state index in [-0.39, 0.29) is 11.9 Å². The molecule has 0 aromatic heterocycles. The molecule has 0 fully saturated rings. The number of hydrogen-bond donors (Lipinski definition) is 0. The molecule has 0 saturated carbocycles. The van der Waals surface area contributed by atoms with Gasteiger partial charge in [0, 0.05) is 0 Å². The highest BCUT2D eigenvalue weighted by Crippen LogP contribution is 2.33. The van der Waals surface area contributed by atoms with Crippen LogP contribution in [0.3, 0.4) is 0 Å². The van der Waals surface area contributed by atoms with Gasteiger partial charge in [-0.1, -0.05) is 52.7 Å². The number of ether oxygens (including phenoxy) is 2. The van der Waals surface area contributed by atoms with Crippen molar-refractivity contribution >= 4 is 11.9 Å². The van der Waals surface area contributed by atoms with Crippen LogP contribution in [0.1, 0.15) is 60.3 Å². The van der Waals surface area contributed by atoms with Crippen LogP contribution < -0.4 is 0 Å². The molecule has 132 valence electrons. The highest BCUT2D eigenvalue weighted by atomic mass is 16.5. The Bertz CT molecular complexity index is 423. The van der Waals surface area contributed by atoms with E-state index in [1.807, 2.05) is 27.7 Å². The molecule has 1 aliphatic carbocycles. The van der Waals surface area contributed by atoms with Crippen LogP contribution in [0.25, 0.3) is 0 Å². The normalized spacial score (nSPS) is 21.3. The van der Waals surface area contributed by atoms with Crippen molar-refractivity contribution in [2.24, 2.45) is 23.7 Å². The minimum absolute atomic E-state index is 0.257. The second-order valence-corrected chi connectivity index (χ2v) is 7.31. The minimum atomic E-state index is -0.408. The summed E-state index contributed by atoms with van der Waals surface area (Å²) >= 11 is 0. The number of allylic oxidation sites excluding steroid dienone is 2. The summed E-state index contributed by atoms with van der Waals surface area (Å²) in [5.41, 5.74) is 1.26. The summed E-state index contributed by atoms with van der Waals surface area (Å²) in [6.45, 7) is 10.9. The summed E-state index contributed by atoms with van der Waals surface area (Å²) in [6, 6.07) is 0. The maximum atomic E-state index is 12.4. The third kappa shape index (κ3) is 6.76. The van der Waals surface area contributed by atoms with E-state index in [1.165, 1.54) is 5.57 Å². The standard InChI is InChI=1S/C19H32O4/c1-6-7-15-8-9-16(18(20)22-11-13(2)3)17(10-15)19(21)23-12-14(4)5/h8,13-14,16-17H,6-7,9-12H2,1-5H3. The lowest BCUT2D eigenvalue weighted by Crippen LogP contribution is -2.35. The minimum Gasteiger partial charge on any atom is -0.465 e. The summed E-state index contributed by atoms with van der Waals surface area (Å²) < 4.78 is 10.8. The molecule has 1 rings (SSSR count). The molecule has 0 amide bonds. The number of carbonyl (C=O) groups is 2. The molecule has 4 nitrogen and oxygen atoms in total. The fourth-order valence-corrected chi connectivity index (χ4v) is 2.71. The van der Waals surface area contributed by atoms with Crippen LogP contribution in [0.15, 0.2) is 11.6 Å². The molecule has 0 saturated heterocycles. The lowest BCUT2D eigenvalue weighted by atomic mass is 9.78. The monoisotopic (exact) mass is 324 g/mol. The average molecular weight is 324 g/mol. The van der Waals surface area contributed by atoms with E-state index in [0.717, 1.165) is 12.8 Å². The fourth-order valence-electron chi connectivity index (χ4n) is 2.71. The van der Waals surface area contributed by atoms with Crippen molar-refractivity contribution in [1.82, 2.24) is 0 Å². The van der Waals surface area contributed by atoms with Crippen molar-refractivity contribution in [2.75, 3.05) is 13.2 Å². The van der Waals surface area contributed by atoms with Crippen molar-refractivity contribution in [3.8, 4) is 0 Å². The highest BCUT2D eigenvalue weighted by Gasteiger charge is 2.38. The number of hydrogen-bond acceptors (Lipinski definition) is 4. The first-order valence-corrected chi connectivity index (χ1v) is 8.86. The van der Waals surface area contributed by atoms with Crippen LogP contribution in [0.5, 0.6) is 0 Å². The molecule has 1 aliphatic rings. The Morgan fingerprint density at radius 3 is 2.04 bits per heavy atom. The summed E-state index contributed by atoms with van der Waals surface area (Å²) in [5.74, 6) is -0.752. The molecular formula is C19H32O4. The highest BCUT2D eigenvalue weighted by molar-refractivity contribution is 5.83. The second-order valence-electron chi connectivity index (χ2n) is 7.31. The van der Waals surface area contributed by atoms with E-state index >= 15 is 0 Å². The zero-order valence-corrected chi connectivity index (χ0v) is 15.3. The van der Waals surface area contributed by atoms with Crippen molar-refractivity contribution in [3.63, 3.8) is 0 Å². The lowest BCUT2D eigenvalue weighted by molar-refractivity contribution is -0.162. The first-order chi connectivity index (χ1) is 10.8. The molecule has 0 aromatic rings. The van der Waals surface area contributed by atoms with E-state index in [0.29, 0.717) is 37.9 Å². The van der Waals surface area contributed by atoms with Gasteiger partial charge in [-0.2, -0.15) is 0 Å². The molecule has 2 atom stereocenters. The predicted molar refractivity (Wildman–Crippen MR) is 90.8 cm³/mol. The Labute approximate surface area is 140 Å². The van der Waals surface area contributed by atoms with Crippen molar-refractivity contribution in [2.45, 2.75) is 60.3 Å². The third-order valence-corrected chi connectivity index (χ3v) is 3.92. The van der Waals surface area contributed by atoms with Gasteiger partial charge in [0.15, 0.2) is 0 Å². The van der Waals surface area contributed by atoms with Crippen molar-refractivity contribution in [1.29, 1.82) is 0 Å². The number of rotatable bonds is 8. The largest absolute Gasteiger partial charge is 0.465 e. The first kappa shape index (κ1) is 19.7. The summed E-state index contributed by atoms with van der Waals surface area (Å²) in [7, 11) is 0. The van der Waals surface area contributed by atoms with E-state index < -0.39 is 11.8 Å². The van der Waals surface area contributed by atoms with Gasteiger partial charge >= 0.3 is 11.9 Å². The molecule has 4 heteroatoms. The van der Waals surface area contributed by atoms with E-state index in [1.54, 1.807) is 0 Å². The Balaban J connectivity index is 2.77. The molecule has 0 spiro atoms. The van der Waals surface area contributed by atoms with Crippen LogP contribution in [-0.2, 0) is 19.1 Å². The van der Waals surface area contributed by atoms with Gasteiger partial charge in [0.2, 0.25) is 0 Å². The van der Waals surface area contributed by atoms with Crippen molar-refractivity contribution < 1.29 is 19.1 Å². The quantitative estimate of drug-likeness (QED) is 0.497. The zero-order valence-electron chi connectivity index (χ0n) is 15.3. The van der Waals surface area contributed by atoms with Gasteiger partial charge in [-0.15, -0.1) is 0 Å². The van der Waals surface area contributed by atoms with E-state index in [4.69, 9.17) is 9.47 Å². The summed E-state index contributed by atoms with van der Waals surface area (Å²) in [6.07, 6.45) is 5.32. The third-order valence-electron chi connectivity index (χ3n) is 3.92. The van der Waals surface area contributed by atoms with E-state index in [9.17, 15) is 9.59 Å². The Morgan fingerprint density at radius 2 is 1.57 bits per heavy atom. The maximum absolute atomic E-state index is 12.4. The SMILES string of the molecule is CCCC1=CCC(C(=O)OCC(C)C)C(C(=O)OCC(C)C)C1. The molecule has 23 heavy (non-hydrogen) atoms. The molecule has 2 unspecified atom stereocenters. The fraction of sp³-hybridized carbons (Fsp3) is 0.789. The van der Waals surface area contributed by atoms with Gasteiger partial charge < -0.3 is 9.47 Å². The number of esters is 2. The molecule has 0 aliphatic heterocycles. The van der Waals surface area contributed by atoms with Gasteiger partial charge in [-0.25, -0.2) is 0 Å². The summed E-state index contributed by atoms with van der Waals surface area (Å²) in [4.78, 5) is 24.8. The van der Waals surface area contributed by atoms with E-state index in [2.05, 4.69) is 13.0 Å². The lowest BCUT2D eigenvalue weighted by Gasteiger charge is -2.29. The Hall–Kier alpha value is -1.32. The molecule has 0 bridgehead atoms. The van der Waals surface area contributed by atoms with Crippen LogP contribution in [0.4, 0.5) is 0 Å². The molecule has 0 radical (unpaired) electrons. The van der Waals surface area contributed by atoms with Gasteiger partial charge in [-0.05, 0) is 31.1 Å². The van der Waals surface area contributed by atoms with Gasteiger partial charge in [0.1, 0.15) is 0 Å². The van der Waals surface area contributed by atoms with Crippen LogP contribution in [0, 0.1) is 23.7 Å². The first-order valence-electron chi connectivity index (χ1n) is 8.86. The van der Waals surface area contributed by atoms with Crippen LogP contribution in [-0.4, -0.2) is 25.2 Å². The molecular weight excluding hydrogens is 292 g/mol. The van der Waals surface area contributed by atoms with Gasteiger partial charge in [0.25, 0.3) is 0 Å². The van der Waals surface area contributed by atoms with Crippen LogP contribution in [0.2, 0.25) is 0 Å². The Morgan fingerprint density at radius 1 is 1.04 bits per heavy atom. The van der Waals surface area contributed by atoms with Crippen LogP contribution >= 0.6 is 0 Å². The zero-order chi connectivity index (χ0) is 17.4. The average Bonchev–Trinajstić information content (AvgIpc) is 2.50. The topological polar surface area (TPSA) is 52.6 Å². The smallest absolute Gasteiger partial charge is 0.310 e. The molecule has 0 aromatic carbocycles. The molecule has 0 N–H and O–H groups in total.